The fourth-order valence-corrected chi connectivity index (χ4v) is 3.08. The Morgan fingerprint density at radius 3 is 2.64 bits per heavy atom. The van der Waals surface area contributed by atoms with Gasteiger partial charge in [-0.1, -0.05) is 23.8 Å². The lowest BCUT2D eigenvalue weighted by molar-refractivity contribution is 0.415. The Labute approximate surface area is 163 Å². The molecule has 2 N–H and O–H groups in total. The number of nitrogens with zero attached hydrogens (tertiary/aromatic N) is 4. The van der Waals surface area contributed by atoms with Crippen LogP contribution in [0.25, 0.3) is 11.0 Å². The van der Waals surface area contributed by atoms with Gasteiger partial charge in [-0.3, -0.25) is 4.68 Å². The van der Waals surface area contributed by atoms with Crippen molar-refractivity contribution in [3.8, 4) is 5.75 Å². The fourth-order valence-electron chi connectivity index (χ4n) is 3.08. The number of aromatic nitrogens is 4. The quantitative estimate of drug-likeness (QED) is 0.536. The van der Waals surface area contributed by atoms with Crippen molar-refractivity contribution in [2.75, 3.05) is 17.7 Å². The zero-order chi connectivity index (χ0) is 19.7. The number of fused-ring (bicyclic) bond motifs is 1. The Kier molecular flexibility index (Phi) is 4.57. The molecule has 0 atom stereocenters. The number of ether oxygens (including phenoxy) is 1. The van der Waals surface area contributed by atoms with E-state index in [1.807, 2.05) is 31.3 Å². The van der Waals surface area contributed by atoms with Crippen molar-refractivity contribution in [2.45, 2.75) is 13.8 Å². The smallest absolute Gasteiger partial charge is 0.231 e. The van der Waals surface area contributed by atoms with Gasteiger partial charge in [0.25, 0.3) is 0 Å². The first-order chi connectivity index (χ1) is 13.5. The van der Waals surface area contributed by atoms with Crippen LogP contribution >= 0.6 is 0 Å². The average molecular weight is 374 g/mol. The van der Waals surface area contributed by atoms with Crippen molar-refractivity contribution in [1.29, 1.82) is 0 Å². The molecule has 0 aliphatic heterocycles. The van der Waals surface area contributed by atoms with E-state index in [-0.39, 0.29) is 0 Å². The second-order valence-electron chi connectivity index (χ2n) is 6.70. The summed E-state index contributed by atoms with van der Waals surface area (Å²) in [6.07, 6.45) is 1.77. The zero-order valence-electron chi connectivity index (χ0n) is 16.3. The highest BCUT2D eigenvalue weighted by Gasteiger charge is 2.13. The summed E-state index contributed by atoms with van der Waals surface area (Å²) >= 11 is 0. The summed E-state index contributed by atoms with van der Waals surface area (Å²) in [7, 11) is 3.51. The van der Waals surface area contributed by atoms with E-state index in [2.05, 4.69) is 52.8 Å². The van der Waals surface area contributed by atoms with Crippen molar-refractivity contribution in [3.05, 3.63) is 59.8 Å². The van der Waals surface area contributed by atoms with E-state index in [9.17, 15) is 0 Å². The molecule has 142 valence electrons. The van der Waals surface area contributed by atoms with Gasteiger partial charge in [0.1, 0.15) is 11.6 Å². The van der Waals surface area contributed by atoms with Gasteiger partial charge in [-0.05, 0) is 37.6 Å². The van der Waals surface area contributed by atoms with E-state index in [0.717, 1.165) is 33.7 Å². The molecule has 7 nitrogen and oxygen atoms in total. The number of benzene rings is 2. The van der Waals surface area contributed by atoms with E-state index in [1.54, 1.807) is 18.0 Å². The van der Waals surface area contributed by atoms with Gasteiger partial charge in [0.15, 0.2) is 5.65 Å². The number of hydrogen-bond acceptors (Lipinski definition) is 6. The molecule has 2 aromatic carbocycles. The van der Waals surface area contributed by atoms with Gasteiger partial charge in [0.2, 0.25) is 5.95 Å². The topological polar surface area (TPSA) is 76.9 Å². The predicted molar refractivity (Wildman–Crippen MR) is 112 cm³/mol. The van der Waals surface area contributed by atoms with E-state index in [0.29, 0.717) is 11.8 Å². The largest absolute Gasteiger partial charge is 0.497 e. The van der Waals surface area contributed by atoms with Crippen molar-refractivity contribution >= 4 is 34.2 Å². The van der Waals surface area contributed by atoms with Crippen LogP contribution in [-0.2, 0) is 7.05 Å². The molecule has 0 saturated heterocycles. The van der Waals surface area contributed by atoms with Gasteiger partial charge in [-0.25, -0.2) is 0 Å². The zero-order valence-corrected chi connectivity index (χ0v) is 16.3. The van der Waals surface area contributed by atoms with E-state index < -0.39 is 0 Å². The van der Waals surface area contributed by atoms with E-state index >= 15 is 0 Å². The van der Waals surface area contributed by atoms with Crippen LogP contribution in [-0.4, -0.2) is 26.9 Å². The number of anilines is 4. The lowest BCUT2D eigenvalue weighted by Crippen LogP contribution is -2.04. The molecule has 0 amide bonds. The first kappa shape index (κ1) is 17.8. The second kappa shape index (κ2) is 7.19. The molecule has 0 unspecified atom stereocenters. The number of hydrogen-bond donors (Lipinski definition) is 2. The first-order valence-electron chi connectivity index (χ1n) is 8.98. The highest BCUT2D eigenvalue weighted by molar-refractivity contribution is 5.90. The molecule has 0 bridgehead atoms. The van der Waals surface area contributed by atoms with Crippen LogP contribution in [0.4, 0.5) is 23.1 Å². The van der Waals surface area contributed by atoms with Crippen LogP contribution in [0.1, 0.15) is 11.1 Å². The molecule has 4 rings (SSSR count). The Balaban J connectivity index is 1.75. The van der Waals surface area contributed by atoms with Crippen molar-refractivity contribution in [2.24, 2.45) is 7.05 Å². The summed E-state index contributed by atoms with van der Waals surface area (Å²) in [6, 6.07) is 13.9. The van der Waals surface area contributed by atoms with Gasteiger partial charge in [0.05, 0.1) is 18.7 Å². The number of aryl methyl sites for hydroxylation is 3. The van der Waals surface area contributed by atoms with Crippen molar-refractivity contribution < 1.29 is 4.74 Å². The Morgan fingerprint density at radius 1 is 1.00 bits per heavy atom. The molecule has 0 fully saturated rings. The van der Waals surface area contributed by atoms with Gasteiger partial charge in [-0.15, -0.1) is 0 Å². The van der Waals surface area contributed by atoms with E-state index in [4.69, 9.17) is 9.72 Å². The monoisotopic (exact) mass is 374 g/mol. The lowest BCUT2D eigenvalue weighted by atomic mass is 10.1. The third kappa shape index (κ3) is 3.46. The van der Waals surface area contributed by atoms with Gasteiger partial charge in [0, 0.05) is 24.5 Å². The molecule has 0 saturated carbocycles. The van der Waals surface area contributed by atoms with Gasteiger partial charge in [-0.2, -0.15) is 15.1 Å². The summed E-state index contributed by atoms with van der Waals surface area (Å²) in [6.45, 7) is 4.16. The molecule has 2 heterocycles. The standard InChI is InChI=1S/C21H22N6O/c1-13-8-9-18(14(2)10-13)24-19-17-12-22-27(3)20(17)26-21(25-19)23-15-6-5-7-16(11-15)28-4/h5-12H,1-4H3,(H2,23,24,25,26). The molecule has 0 radical (unpaired) electrons. The number of rotatable bonds is 5. The maximum absolute atomic E-state index is 5.29. The van der Waals surface area contributed by atoms with Crippen LogP contribution in [0.15, 0.2) is 48.7 Å². The summed E-state index contributed by atoms with van der Waals surface area (Å²) < 4.78 is 7.02. The summed E-state index contributed by atoms with van der Waals surface area (Å²) in [4.78, 5) is 9.32. The minimum atomic E-state index is 0.483. The minimum Gasteiger partial charge on any atom is -0.497 e. The molecular formula is C21H22N6O. The summed E-state index contributed by atoms with van der Waals surface area (Å²) in [5, 5.41) is 11.9. The molecule has 0 aliphatic rings. The third-order valence-electron chi connectivity index (χ3n) is 4.55. The van der Waals surface area contributed by atoms with Crippen LogP contribution in [0.5, 0.6) is 5.75 Å². The molecule has 7 heteroatoms. The molecule has 4 aromatic rings. The van der Waals surface area contributed by atoms with Gasteiger partial charge < -0.3 is 15.4 Å². The minimum absolute atomic E-state index is 0.483. The van der Waals surface area contributed by atoms with E-state index in [1.165, 1.54) is 5.56 Å². The SMILES string of the molecule is COc1cccc(Nc2nc(Nc3ccc(C)cc3C)c3cnn(C)c3n2)c1. The fraction of sp³-hybridized carbons (Fsp3) is 0.190. The molecular weight excluding hydrogens is 352 g/mol. The lowest BCUT2D eigenvalue weighted by Gasteiger charge is -2.13. The highest BCUT2D eigenvalue weighted by Crippen LogP contribution is 2.28. The van der Waals surface area contributed by atoms with Crippen molar-refractivity contribution in [3.63, 3.8) is 0 Å². The van der Waals surface area contributed by atoms with Crippen LogP contribution in [0.2, 0.25) is 0 Å². The third-order valence-corrected chi connectivity index (χ3v) is 4.55. The van der Waals surface area contributed by atoms with Crippen molar-refractivity contribution in [1.82, 2.24) is 19.7 Å². The normalized spacial score (nSPS) is 10.9. The van der Waals surface area contributed by atoms with Gasteiger partial charge >= 0.3 is 0 Å². The Hall–Kier alpha value is -3.61. The first-order valence-corrected chi connectivity index (χ1v) is 8.98. The maximum Gasteiger partial charge on any atom is 0.231 e. The van der Waals surface area contributed by atoms with Crippen LogP contribution in [0.3, 0.4) is 0 Å². The molecule has 0 spiro atoms. The van der Waals surface area contributed by atoms with Crippen LogP contribution < -0.4 is 15.4 Å². The summed E-state index contributed by atoms with van der Waals surface area (Å²) in [5.74, 6) is 1.95. The second-order valence-corrected chi connectivity index (χ2v) is 6.70. The number of nitrogens with one attached hydrogen (secondary N) is 2. The highest BCUT2D eigenvalue weighted by atomic mass is 16.5. The molecule has 28 heavy (non-hydrogen) atoms. The maximum atomic E-state index is 5.29. The summed E-state index contributed by atoms with van der Waals surface area (Å²) in [5.41, 5.74) is 4.96. The average Bonchev–Trinajstić information content (AvgIpc) is 3.05. The molecule has 2 aromatic heterocycles. The predicted octanol–water partition coefficient (Wildman–Crippen LogP) is 4.48. The van der Waals surface area contributed by atoms with Crippen LogP contribution in [0, 0.1) is 13.8 Å². The Bertz CT molecular complexity index is 1150. The molecule has 0 aliphatic carbocycles. The number of methoxy groups -OCH3 is 1. The Morgan fingerprint density at radius 2 is 1.86 bits per heavy atom.